The lowest BCUT2D eigenvalue weighted by atomic mass is 10.2. The molecule has 1 aliphatic heterocycles. The number of sulfone groups is 1. The van der Waals surface area contributed by atoms with Gasteiger partial charge in [0.1, 0.15) is 5.75 Å². The van der Waals surface area contributed by atoms with Gasteiger partial charge in [-0.15, -0.1) is 0 Å². The summed E-state index contributed by atoms with van der Waals surface area (Å²) in [6, 6.07) is 13.6. The van der Waals surface area contributed by atoms with Crippen LogP contribution in [0.5, 0.6) is 0 Å². The Balaban J connectivity index is 1.66. The van der Waals surface area contributed by atoms with Crippen molar-refractivity contribution in [2.24, 2.45) is 0 Å². The van der Waals surface area contributed by atoms with Crippen molar-refractivity contribution in [3.63, 3.8) is 0 Å². The summed E-state index contributed by atoms with van der Waals surface area (Å²) >= 11 is 0. The molecular formula is C20H24N2O5S2. The van der Waals surface area contributed by atoms with Gasteiger partial charge in [-0.05, 0) is 49.2 Å². The first kappa shape index (κ1) is 21.5. The average Bonchev–Trinajstić information content (AvgIpc) is 2.99. The summed E-state index contributed by atoms with van der Waals surface area (Å²) in [4.78, 5) is 12.4. The minimum absolute atomic E-state index is 0.0778. The molecule has 0 bridgehead atoms. The van der Waals surface area contributed by atoms with Gasteiger partial charge in [0.05, 0.1) is 9.79 Å². The Morgan fingerprint density at radius 3 is 1.97 bits per heavy atom. The standard InChI is InChI=1S/C20H24N2O5S2/c23-20(16-28(24,25)18-8-4-3-5-9-18)21-17-10-12-19(13-11-17)29(26,27)22-14-6-1-2-7-15-22/h3-5,8-13H,1-2,6-7,14-16H2,(H,21,23). The fourth-order valence-corrected chi connectivity index (χ4v) is 5.90. The Morgan fingerprint density at radius 1 is 0.793 bits per heavy atom. The summed E-state index contributed by atoms with van der Waals surface area (Å²) in [6.07, 6.45) is 3.76. The molecule has 29 heavy (non-hydrogen) atoms. The van der Waals surface area contributed by atoms with Gasteiger partial charge in [-0.2, -0.15) is 4.31 Å². The van der Waals surface area contributed by atoms with Crippen LogP contribution in [-0.4, -0.2) is 45.9 Å². The van der Waals surface area contributed by atoms with E-state index in [0.29, 0.717) is 18.8 Å². The van der Waals surface area contributed by atoms with Crippen molar-refractivity contribution in [2.75, 3.05) is 24.2 Å². The van der Waals surface area contributed by atoms with Gasteiger partial charge in [0.25, 0.3) is 0 Å². The lowest BCUT2D eigenvalue weighted by molar-refractivity contribution is -0.113. The average molecular weight is 437 g/mol. The van der Waals surface area contributed by atoms with Crippen molar-refractivity contribution in [1.82, 2.24) is 4.31 Å². The number of hydrogen-bond acceptors (Lipinski definition) is 5. The van der Waals surface area contributed by atoms with Crippen molar-refractivity contribution < 1.29 is 21.6 Å². The molecule has 1 heterocycles. The number of nitrogens with one attached hydrogen (secondary N) is 1. The summed E-state index contributed by atoms with van der Waals surface area (Å²) in [7, 11) is -7.31. The van der Waals surface area contributed by atoms with Crippen molar-refractivity contribution in [3.8, 4) is 0 Å². The van der Waals surface area contributed by atoms with E-state index in [-0.39, 0.29) is 9.79 Å². The Labute approximate surface area is 171 Å². The Hall–Kier alpha value is -2.23. The highest BCUT2D eigenvalue weighted by Crippen LogP contribution is 2.22. The van der Waals surface area contributed by atoms with Crippen molar-refractivity contribution in [1.29, 1.82) is 0 Å². The van der Waals surface area contributed by atoms with E-state index in [0.717, 1.165) is 25.7 Å². The second kappa shape index (κ2) is 9.06. The van der Waals surface area contributed by atoms with E-state index in [1.807, 2.05) is 0 Å². The fourth-order valence-electron chi connectivity index (χ4n) is 3.22. The van der Waals surface area contributed by atoms with E-state index < -0.39 is 31.5 Å². The van der Waals surface area contributed by atoms with Crippen LogP contribution in [0.4, 0.5) is 5.69 Å². The third-order valence-electron chi connectivity index (χ3n) is 4.76. The molecule has 0 unspecified atom stereocenters. The molecule has 0 atom stereocenters. The maximum absolute atomic E-state index is 12.8. The Morgan fingerprint density at radius 2 is 1.38 bits per heavy atom. The van der Waals surface area contributed by atoms with Gasteiger partial charge in [0, 0.05) is 18.8 Å². The van der Waals surface area contributed by atoms with Crippen LogP contribution in [0, 0.1) is 0 Å². The summed E-state index contributed by atoms with van der Waals surface area (Å²) in [5.74, 6) is -1.37. The molecule has 1 saturated heterocycles. The molecular weight excluding hydrogens is 412 g/mol. The molecule has 2 aromatic carbocycles. The van der Waals surface area contributed by atoms with Crippen LogP contribution in [0.1, 0.15) is 25.7 Å². The molecule has 0 aliphatic carbocycles. The van der Waals surface area contributed by atoms with E-state index >= 15 is 0 Å². The van der Waals surface area contributed by atoms with E-state index in [9.17, 15) is 21.6 Å². The quantitative estimate of drug-likeness (QED) is 0.750. The van der Waals surface area contributed by atoms with Crippen molar-refractivity contribution in [3.05, 3.63) is 54.6 Å². The Kier molecular flexibility index (Phi) is 6.71. The van der Waals surface area contributed by atoms with Crippen LogP contribution in [0.3, 0.4) is 0 Å². The SMILES string of the molecule is O=C(CS(=O)(=O)c1ccccc1)Nc1ccc(S(=O)(=O)N2CCCCCC2)cc1. The van der Waals surface area contributed by atoms with Gasteiger partial charge < -0.3 is 5.32 Å². The number of rotatable bonds is 6. The number of nitrogens with zero attached hydrogens (tertiary/aromatic N) is 1. The van der Waals surface area contributed by atoms with E-state index in [2.05, 4.69) is 5.32 Å². The van der Waals surface area contributed by atoms with Gasteiger partial charge in [-0.1, -0.05) is 31.0 Å². The predicted molar refractivity (Wildman–Crippen MR) is 111 cm³/mol. The molecule has 0 aromatic heterocycles. The number of anilines is 1. The molecule has 0 radical (unpaired) electrons. The third kappa shape index (κ3) is 5.43. The number of benzene rings is 2. The molecule has 156 valence electrons. The number of carbonyl (C=O) groups is 1. The maximum atomic E-state index is 12.8. The molecule has 1 amide bonds. The van der Waals surface area contributed by atoms with Gasteiger partial charge in [-0.25, -0.2) is 16.8 Å². The van der Waals surface area contributed by atoms with Crippen LogP contribution in [0.25, 0.3) is 0 Å². The highest BCUT2D eigenvalue weighted by Gasteiger charge is 2.25. The minimum Gasteiger partial charge on any atom is -0.325 e. The normalized spacial score (nSPS) is 16.1. The first-order valence-electron chi connectivity index (χ1n) is 9.47. The molecule has 0 spiro atoms. The maximum Gasteiger partial charge on any atom is 0.243 e. The second-order valence-corrected chi connectivity index (χ2v) is 10.9. The summed E-state index contributed by atoms with van der Waals surface area (Å²) < 4.78 is 51.6. The van der Waals surface area contributed by atoms with Crippen LogP contribution >= 0.6 is 0 Å². The molecule has 1 aliphatic rings. The predicted octanol–water partition coefficient (Wildman–Crippen LogP) is 2.66. The molecule has 2 aromatic rings. The van der Waals surface area contributed by atoms with Crippen molar-refractivity contribution >= 4 is 31.5 Å². The largest absolute Gasteiger partial charge is 0.325 e. The molecule has 1 fully saturated rings. The smallest absolute Gasteiger partial charge is 0.243 e. The number of amides is 1. The zero-order chi connectivity index (χ0) is 20.9. The first-order chi connectivity index (χ1) is 13.8. The summed E-state index contributed by atoms with van der Waals surface area (Å²) in [6.45, 7) is 1.02. The molecule has 9 heteroatoms. The van der Waals surface area contributed by atoms with Gasteiger partial charge in [0.2, 0.25) is 15.9 Å². The van der Waals surface area contributed by atoms with Crippen LogP contribution in [0.2, 0.25) is 0 Å². The van der Waals surface area contributed by atoms with Crippen LogP contribution in [-0.2, 0) is 24.7 Å². The van der Waals surface area contributed by atoms with E-state index in [4.69, 9.17) is 0 Å². The topological polar surface area (TPSA) is 101 Å². The van der Waals surface area contributed by atoms with Gasteiger partial charge in [-0.3, -0.25) is 4.79 Å². The molecule has 3 rings (SSSR count). The Bertz CT molecular complexity index is 1040. The van der Waals surface area contributed by atoms with Gasteiger partial charge in [0.15, 0.2) is 9.84 Å². The number of sulfonamides is 1. The van der Waals surface area contributed by atoms with Crippen LogP contribution in [0.15, 0.2) is 64.4 Å². The van der Waals surface area contributed by atoms with Gasteiger partial charge >= 0.3 is 0 Å². The number of hydrogen-bond donors (Lipinski definition) is 1. The monoisotopic (exact) mass is 436 g/mol. The second-order valence-electron chi connectivity index (χ2n) is 6.96. The lowest BCUT2D eigenvalue weighted by Gasteiger charge is -2.20. The van der Waals surface area contributed by atoms with Crippen molar-refractivity contribution in [2.45, 2.75) is 35.5 Å². The molecule has 7 nitrogen and oxygen atoms in total. The zero-order valence-corrected chi connectivity index (χ0v) is 17.6. The summed E-state index contributed by atoms with van der Waals surface area (Å²) in [5.41, 5.74) is 0.341. The first-order valence-corrected chi connectivity index (χ1v) is 12.6. The van der Waals surface area contributed by atoms with E-state index in [1.165, 1.54) is 40.7 Å². The highest BCUT2D eigenvalue weighted by atomic mass is 32.2. The third-order valence-corrected chi connectivity index (χ3v) is 8.31. The lowest BCUT2D eigenvalue weighted by Crippen LogP contribution is -2.31. The minimum atomic E-state index is -3.74. The molecule has 0 saturated carbocycles. The number of carbonyl (C=O) groups excluding carboxylic acids is 1. The van der Waals surface area contributed by atoms with Crippen LogP contribution < -0.4 is 5.32 Å². The highest BCUT2D eigenvalue weighted by molar-refractivity contribution is 7.92. The molecule has 1 N–H and O–H groups in total. The summed E-state index contributed by atoms with van der Waals surface area (Å²) in [5, 5.41) is 2.51. The van der Waals surface area contributed by atoms with E-state index in [1.54, 1.807) is 18.2 Å². The fraction of sp³-hybridized carbons (Fsp3) is 0.350. The zero-order valence-electron chi connectivity index (χ0n) is 16.0.